The Morgan fingerprint density at radius 2 is 1.93 bits per heavy atom. The number of nitrogens with zero attached hydrogens (tertiary/aromatic N) is 2. The second-order valence-corrected chi connectivity index (χ2v) is 7.69. The van der Waals surface area contributed by atoms with Crippen molar-refractivity contribution in [2.45, 2.75) is 44.8 Å². The van der Waals surface area contributed by atoms with Gasteiger partial charge in [0.25, 0.3) is 11.6 Å². The van der Waals surface area contributed by atoms with Crippen LogP contribution in [0.5, 0.6) is 5.75 Å². The molecule has 30 heavy (non-hydrogen) atoms. The first-order valence-electron chi connectivity index (χ1n) is 9.83. The van der Waals surface area contributed by atoms with Crippen molar-refractivity contribution >= 4 is 35.0 Å². The zero-order valence-electron chi connectivity index (χ0n) is 16.2. The summed E-state index contributed by atoms with van der Waals surface area (Å²) in [4.78, 5) is 24.7. The number of furan rings is 1. The van der Waals surface area contributed by atoms with Crippen molar-refractivity contribution < 1.29 is 18.9 Å². The van der Waals surface area contributed by atoms with Gasteiger partial charge in [-0.25, -0.2) is 0 Å². The largest absolute Gasteiger partial charge is 0.486 e. The molecule has 0 spiro atoms. The molecule has 1 aromatic heterocycles. The zero-order valence-corrected chi connectivity index (χ0v) is 17.0. The fraction of sp³-hybridized carbons (Fsp3) is 0.333. The second-order valence-electron chi connectivity index (χ2n) is 7.30. The monoisotopic (exact) mass is 427 g/mol. The lowest BCUT2D eigenvalue weighted by atomic mass is 9.94. The average molecular weight is 427 g/mol. The minimum Gasteiger partial charge on any atom is -0.486 e. The summed E-state index contributed by atoms with van der Waals surface area (Å²) >= 11 is 5.38. The molecule has 0 atom stereocenters. The molecule has 1 saturated carbocycles. The molecule has 1 N–H and O–H groups in total. The minimum absolute atomic E-state index is 0.00294. The number of carbonyl (C=O) groups excluding carboxylic acids is 1. The molecule has 1 aliphatic carbocycles. The normalized spacial score (nSPS) is 18.7. The molecule has 2 aromatic rings. The van der Waals surface area contributed by atoms with Crippen LogP contribution in [0, 0.1) is 10.1 Å². The van der Waals surface area contributed by atoms with Crippen molar-refractivity contribution in [1.29, 1.82) is 0 Å². The van der Waals surface area contributed by atoms with E-state index in [2.05, 4.69) is 5.32 Å². The van der Waals surface area contributed by atoms with Crippen molar-refractivity contribution in [1.82, 2.24) is 10.2 Å². The van der Waals surface area contributed by atoms with Crippen LogP contribution in [-0.4, -0.2) is 26.9 Å². The summed E-state index contributed by atoms with van der Waals surface area (Å²) in [6.07, 6.45) is 7.04. The molecular formula is C21H21N3O5S. The van der Waals surface area contributed by atoms with E-state index in [1.54, 1.807) is 23.1 Å². The van der Waals surface area contributed by atoms with Gasteiger partial charge in [0, 0.05) is 24.3 Å². The number of nitro groups is 1. The number of nitrogens with one attached hydrogen (secondary N) is 1. The third kappa shape index (κ3) is 4.35. The molecule has 2 fully saturated rings. The van der Waals surface area contributed by atoms with Crippen molar-refractivity contribution in [2.24, 2.45) is 0 Å². The lowest BCUT2D eigenvalue weighted by molar-refractivity contribution is -0.384. The van der Waals surface area contributed by atoms with Gasteiger partial charge in [0.1, 0.15) is 29.6 Å². The van der Waals surface area contributed by atoms with Crippen molar-refractivity contribution in [3.05, 3.63) is 63.7 Å². The molecule has 8 nitrogen and oxygen atoms in total. The highest BCUT2D eigenvalue weighted by Crippen LogP contribution is 2.27. The van der Waals surface area contributed by atoms with E-state index in [0.29, 0.717) is 28.1 Å². The average Bonchev–Trinajstić information content (AvgIpc) is 3.31. The van der Waals surface area contributed by atoms with E-state index in [0.717, 1.165) is 25.7 Å². The third-order valence-electron chi connectivity index (χ3n) is 5.25. The number of thiocarbonyl (C=S) groups is 1. The summed E-state index contributed by atoms with van der Waals surface area (Å²) in [5.41, 5.74) is 0.408. The van der Waals surface area contributed by atoms with Crippen LogP contribution in [0.1, 0.15) is 43.6 Å². The molecule has 9 heteroatoms. The summed E-state index contributed by atoms with van der Waals surface area (Å²) in [5.74, 6) is 1.46. The number of hydrogen-bond acceptors (Lipinski definition) is 6. The van der Waals surface area contributed by atoms with Gasteiger partial charge >= 0.3 is 0 Å². The van der Waals surface area contributed by atoms with Crippen molar-refractivity contribution in [3.8, 4) is 5.75 Å². The summed E-state index contributed by atoms with van der Waals surface area (Å²) in [6.45, 7) is 0.162. The molecule has 1 saturated heterocycles. The van der Waals surface area contributed by atoms with Crippen molar-refractivity contribution in [2.75, 3.05) is 0 Å². The van der Waals surface area contributed by atoms with E-state index in [9.17, 15) is 14.9 Å². The zero-order chi connectivity index (χ0) is 21.1. The molecule has 4 rings (SSSR count). The number of carbonyl (C=O) groups is 1. The van der Waals surface area contributed by atoms with Gasteiger partial charge in [-0.3, -0.25) is 19.8 Å². The van der Waals surface area contributed by atoms with Crippen LogP contribution in [0.2, 0.25) is 0 Å². The molecule has 1 aromatic carbocycles. The van der Waals surface area contributed by atoms with Crippen LogP contribution < -0.4 is 10.1 Å². The number of non-ortho nitro benzene ring substituents is 1. The van der Waals surface area contributed by atoms with Gasteiger partial charge in [-0.2, -0.15) is 0 Å². The fourth-order valence-corrected chi connectivity index (χ4v) is 4.07. The van der Waals surface area contributed by atoms with Gasteiger partial charge in [-0.05, 0) is 49.3 Å². The molecule has 156 valence electrons. The highest BCUT2D eigenvalue weighted by molar-refractivity contribution is 7.80. The number of hydrogen-bond donors (Lipinski definition) is 1. The Balaban J connectivity index is 1.39. The molecular weight excluding hydrogens is 406 g/mol. The first-order chi connectivity index (χ1) is 14.5. The van der Waals surface area contributed by atoms with Gasteiger partial charge in [0.05, 0.1) is 4.92 Å². The Morgan fingerprint density at radius 1 is 1.20 bits per heavy atom. The van der Waals surface area contributed by atoms with E-state index in [-0.39, 0.29) is 24.2 Å². The smallest absolute Gasteiger partial charge is 0.276 e. The maximum atomic E-state index is 12.8. The van der Waals surface area contributed by atoms with Crippen LogP contribution in [0.3, 0.4) is 0 Å². The molecule has 0 bridgehead atoms. The quantitative estimate of drug-likeness (QED) is 0.320. The van der Waals surface area contributed by atoms with E-state index >= 15 is 0 Å². The Hall–Kier alpha value is -3.20. The van der Waals surface area contributed by atoms with Gasteiger partial charge in [0.2, 0.25) is 0 Å². The molecule has 2 aliphatic rings. The Labute approximate surface area is 178 Å². The molecule has 1 amide bonds. The first-order valence-corrected chi connectivity index (χ1v) is 10.2. The van der Waals surface area contributed by atoms with E-state index < -0.39 is 4.92 Å². The number of amides is 1. The number of nitro benzene ring substituents is 1. The van der Waals surface area contributed by atoms with Crippen molar-refractivity contribution in [3.63, 3.8) is 0 Å². The second kappa shape index (κ2) is 8.66. The lowest BCUT2D eigenvalue weighted by Crippen LogP contribution is -2.41. The summed E-state index contributed by atoms with van der Waals surface area (Å²) < 4.78 is 11.3. The van der Waals surface area contributed by atoms with Gasteiger partial charge < -0.3 is 14.5 Å². The minimum atomic E-state index is -0.463. The number of benzene rings is 1. The van der Waals surface area contributed by atoms with Crippen LogP contribution in [0.25, 0.3) is 6.08 Å². The van der Waals surface area contributed by atoms with Gasteiger partial charge in [-0.1, -0.05) is 19.3 Å². The van der Waals surface area contributed by atoms with Crippen LogP contribution in [0.4, 0.5) is 5.69 Å². The van der Waals surface area contributed by atoms with Crippen LogP contribution >= 0.6 is 12.2 Å². The van der Waals surface area contributed by atoms with Crippen LogP contribution in [-0.2, 0) is 11.4 Å². The van der Waals surface area contributed by atoms with Gasteiger partial charge in [0.15, 0.2) is 5.11 Å². The number of rotatable bonds is 6. The Morgan fingerprint density at radius 3 is 2.63 bits per heavy atom. The highest BCUT2D eigenvalue weighted by atomic mass is 32.1. The topological polar surface area (TPSA) is 97.8 Å². The van der Waals surface area contributed by atoms with E-state index in [1.165, 1.54) is 30.7 Å². The van der Waals surface area contributed by atoms with E-state index in [1.807, 2.05) is 0 Å². The maximum Gasteiger partial charge on any atom is 0.276 e. The summed E-state index contributed by atoms with van der Waals surface area (Å²) in [5, 5.41) is 14.1. The molecule has 1 aliphatic heterocycles. The summed E-state index contributed by atoms with van der Waals surface area (Å²) in [7, 11) is 0. The molecule has 2 heterocycles. The third-order valence-corrected chi connectivity index (χ3v) is 5.55. The van der Waals surface area contributed by atoms with Gasteiger partial charge in [-0.15, -0.1) is 0 Å². The highest BCUT2D eigenvalue weighted by Gasteiger charge is 2.36. The first kappa shape index (κ1) is 20.1. The van der Waals surface area contributed by atoms with Crippen LogP contribution in [0.15, 0.2) is 46.5 Å². The standard InChI is InChI=1S/C21H21N3O5S/c25-20-19(22-21(30)23(20)14-4-2-1-3-5-14)12-17-10-11-18(29-17)13-28-16-8-6-15(7-9-16)24(26)27/h6-12,14H,1-5,13H2,(H,22,30)/b19-12+. The summed E-state index contributed by atoms with van der Waals surface area (Å²) in [6, 6.07) is 9.51. The molecule has 0 radical (unpaired) electrons. The molecule has 0 unspecified atom stereocenters. The fourth-order valence-electron chi connectivity index (χ4n) is 3.73. The lowest BCUT2D eigenvalue weighted by Gasteiger charge is -2.29. The Bertz CT molecular complexity index is 992. The Kier molecular flexibility index (Phi) is 5.80. The predicted molar refractivity (Wildman–Crippen MR) is 114 cm³/mol. The van der Waals surface area contributed by atoms with E-state index in [4.69, 9.17) is 21.4 Å². The maximum absolute atomic E-state index is 12.8. The number of ether oxygens (including phenoxy) is 1. The predicted octanol–water partition coefficient (Wildman–Crippen LogP) is 4.16. The SMILES string of the molecule is O=C1/C(=C\c2ccc(COc3ccc([N+](=O)[O-])cc3)o2)NC(=S)N1C1CCCCC1.